The van der Waals surface area contributed by atoms with Crippen molar-refractivity contribution in [3.8, 4) is 0 Å². The molecule has 0 bridgehead atoms. The van der Waals surface area contributed by atoms with Gasteiger partial charge in [-0.3, -0.25) is 4.90 Å². The average Bonchev–Trinajstić information content (AvgIpc) is 2.12. The molecule has 3 nitrogen and oxygen atoms in total. The lowest BCUT2D eigenvalue weighted by Gasteiger charge is -2.38. The summed E-state index contributed by atoms with van der Waals surface area (Å²) in [5, 5.41) is 0. The molecule has 1 heterocycles. The van der Waals surface area contributed by atoms with Crippen LogP contribution in [0.2, 0.25) is 0 Å². The molecule has 3 unspecified atom stereocenters. The Morgan fingerprint density at radius 3 is 2.79 bits per heavy atom. The molecule has 84 valence electrons. The summed E-state index contributed by atoms with van der Waals surface area (Å²) in [7, 11) is 1.71. The Hall–Kier alpha value is -0.120. The van der Waals surface area contributed by atoms with Gasteiger partial charge in [-0.2, -0.15) is 0 Å². The maximum absolute atomic E-state index is 5.96. The molecule has 2 N–H and O–H groups in total. The molecule has 0 aromatic rings. The Morgan fingerprint density at radius 2 is 2.14 bits per heavy atom. The van der Waals surface area contributed by atoms with Crippen LogP contribution in [0.5, 0.6) is 0 Å². The van der Waals surface area contributed by atoms with Gasteiger partial charge in [-0.15, -0.1) is 0 Å². The van der Waals surface area contributed by atoms with E-state index in [1.807, 2.05) is 0 Å². The van der Waals surface area contributed by atoms with Crippen molar-refractivity contribution in [2.75, 3.05) is 26.8 Å². The van der Waals surface area contributed by atoms with Gasteiger partial charge in [0.15, 0.2) is 0 Å². The first-order chi connectivity index (χ1) is 6.63. The van der Waals surface area contributed by atoms with Crippen molar-refractivity contribution in [2.24, 2.45) is 11.7 Å². The highest BCUT2D eigenvalue weighted by atomic mass is 16.5. The molecule has 1 aliphatic heterocycles. The number of methoxy groups -OCH3 is 1. The molecule has 1 fully saturated rings. The van der Waals surface area contributed by atoms with Gasteiger partial charge in [0.2, 0.25) is 0 Å². The van der Waals surface area contributed by atoms with Crippen molar-refractivity contribution in [2.45, 2.75) is 38.8 Å². The predicted octanol–water partition coefficient (Wildman–Crippen LogP) is 1.08. The van der Waals surface area contributed by atoms with Crippen LogP contribution in [-0.4, -0.2) is 43.8 Å². The van der Waals surface area contributed by atoms with E-state index in [9.17, 15) is 0 Å². The molecule has 0 amide bonds. The van der Waals surface area contributed by atoms with Crippen LogP contribution in [-0.2, 0) is 4.74 Å². The molecule has 0 aliphatic carbocycles. The molecule has 0 aromatic carbocycles. The van der Waals surface area contributed by atoms with Crippen molar-refractivity contribution in [1.82, 2.24) is 4.90 Å². The predicted molar refractivity (Wildman–Crippen MR) is 59.3 cm³/mol. The second kappa shape index (κ2) is 5.69. The fourth-order valence-corrected chi connectivity index (χ4v) is 2.20. The minimum absolute atomic E-state index is 0.160. The van der Waals surface area contributed by atoms with Gasteiger partial charge in [-0.05, 0) is 25.7 Å². The van der Waals surface area contributed by atoms with Crippen molar-refractivity contribution in [1.29, 1.82) is 0 Å². The van der Waals surface area contributed by atoms with Gasteiger partial charge in [0.25, 0.3) is 0 Å². The van der Waals surface area contributed by atoms with Crippen LogP contribution < -0.4 is 5.73 Å². The minimum Gasteiger partial charge on any atom is -0.383 e. The number of ether oxygens (including phenoxy) is 1. The summed E-state index contributed by atoms with van der Waals surface area (Å²) in [5.41, 5.74) is 5.96. The Kier molecular flexibility index (Phi) is 4.85. The maximum atomic E-state index is 5.96. The highest BCUT2D eigenvalue weighted by Gasteiger charge is 2.23. The standard InChI is InChI=1S/C11H24N2O/c1-9-4-5-10(2)13(6-9)7-11(12)8-14-3/h9-11H,4-8,12H2,1-3H3. The molecule has 0 radical (unpaired) electrons. The quantitative estimate of drug-likeness (QED) is 0.738. The molecule has 1 rings (SSSR count). The van der Waals surface area contributed by atoms with Crippen LogP contribution in [0.4, 0.5) is 0 Å². The first-order valence-electron chi connectivity index (χ1n) is 5.62. The fraction of sp³-hybridized carbons (Fsp3) is 1.00. The van der Waals surface area contributed by atoms with Gasteiger partial charge in [-0.1, -0.05) is 6.92 Å². The van der Waals surface area contributed by atoms with Gasteiger partial charge in [0.05, 0.1) is 6.61 Å². The topological polar surface area (TPSA) is 38.5 Å². The van der Waals surface area contributed by atoms with Gasteiger partial charge in [0.1, 0.15) is 0 Å². The Bertz CT molecular complexity index is 163. The van der Waals surface area contributed by atoms with Crippen molar-refractivity contribution in [3.05, 3.63) is 0 Å². The smallest absolute Gasteiger partial charge is 0.0626 e. The monoisotopic (exact) mass is 200 g/mol. The molecular weight excluding hydrogens is 176 g/mol. The minimum atomic E-state index is 0.160. The van der Waals surface area contributed by atoms with Crippen molar-refractivity contribution in [3.63, 3.8) is 0 Å². The first kappa shape index (κ1) is 12.0. The first-order valence-corrected chi connectivity index (χ1v) is 5.62. The van der Waals surface area contributed by atoms with Crippen LogP contribution in [0.25, 0.3) is 0 Å². The van der Waals surface area contributed by atoms with E-state index in [1.165, 1.54) is 19.4 Å². The van der Waals surface area contributed by atoms with Gasteiger partial charge in [-0.25, -0.2) is 0 Å². The summed E-state index contributed by atoms with van der Waals surface area (Å²) in [4.78, 5) is 2.50. The fourth-order valence-electron chi connectivity index (χ4n) is 2.20. The lowest BCUT2D eigenvalue weighted by atomic mass is 9.95. The van der Waals surface area contributed by atoms with E-state index in [2.05, 4.69) is 18.7 Å². The van der Waals surface area contributed by atoms with Gasteiger partial charge < -0.3 is 10.5 Å². The molecule has 0 aromatic heterocycles. The van der Waals surface area contributed by atoms with Crippen molar-refractivity contribution < 1.29 is 4.74 Å². The number of likely N-dealkylation sites (tertiary alicyclic amines) is 1. The lowest BCUT2D eigenvalue weighted by Crippen LogP contribution is -2.48. The molecule has 3 heteroatoms. The molecule has 14 heavy (non-hydrogen) atoms. The third kappa shape index (κ3) is 3.56. The number of nitrogens with two attached hydrogens (primary N) is 1. The van der Waals surface area contributed by atoms with E-state index in [0.29, 0.717) is 12.6 Å². The summed E-state index contributed by atoms with van der Waals surface area (Å²) < 4.78 is 5.06. The normalized spacial score (nSPS) is 31.7. The summed E-state index contributed by atoms with van der Waals surface area (Å²) in [6.45, 7) is 7.45. The maximum Gasteiger partial charge on any atom is 0.0626 e. The van der Waals surface area contributed by atoms with Crippen LogP contribution in [0.15, 0.2) is 0 Å². The zero-order valence-electron chi connectivity index (χ0n) is 9.70. The Labute approximate surface area is 87.6 Å². The number of rotatable bonds is 4. The van der Waals surface area contributed by atoms with E-state index >= 15 is 0 Å². The largest absolute Gasteiger partial charge is 0.383 e. The zero-order chi connectivity index (χ0) is 10.6. The van der Waals surface area contributed by atoms with E-state index < -0.39 is 0 Å². The molecule has 0 saturated carbocycles. The second-order valence-electron chi connectivity index (χ2n) is 4.70. The molecular formula is C11H24N2O. The molecule has 3 atom stereocenters. The van der Waals surface area contributed by atoms with E-state index in [0.717, 1.165) is 12.5 Å². The lowest BCUT2D eigenvalue weighted by molar-refractivity contribution is 0.0950. The Morgan fingerprint density at radius 1 is 1.43 bits per heavy atom. The van der Waals surface area contributed by atoms with Crippen LogP contribution in [0, 0.1) is 5.92 Å². The number of piperidine rings is 1. The summed E-state index contributed by atoms with van der Waals surface area (Å²) in [6, 6.07) is 0.849. The molecule has 1 aliphatic rings. The second-order valence-corrected chi connectivity index (χ2v) is 4.70. The van der Waals surface area contributed by atoms with Gasteiger partial charge >= 0.3 is 0 Å². The van der Waals surface area contributed by atoms with Crippen LogP contribution in [0.3, 0.4) is 0 Å². The third-order valence-electron chi connectivity index (χ3n) is 3.10. The number of hydrogen-bond donors (Lipinski definition) is 1. The summed E-state index contributed by atoms with van der Waals surface area (Å²) in [5.74, 6) is 0.820. The summed E-state index contributed by atoms with van der Waals surface area (Å²) >= 11 is 0. The molecule has 0 spiro atoms. The number of nitrogens with zero attached hydrogens (tertiary/aromatic N) is 1. The van der Waals surface area contributed by atoms with Crippen molar-refractivity contribution >= 4 is 0 Å². The molecule has 1 saturated heterocycles. The Balaban J connectivity index is 2.33. The summed E-state index contributed by atoms with van der Waals surface area (Å²) in [6.07, 6.45) is 2.66. The third-order valence-corrected chi connectivity index (χ3v) is 3.10. The highest BCUT2D eigenvalue weighted by molar-refractivity contribution is 4.79. The zero-order valence-corrected chi connectivity index (χ0v) is 9.70. The van der Waals surface area contributed by atoms with E-state index in [4.69, 9.17) is 10.5 Å². The van der Waals surface area contributed by atoms with E-state index in [1.54, 1.807) is 7.11 Å². The van der Waals surface area contributed by atoms with Crippen LogP contribution in [0.1, 0.15) is 26.7 Å². The van der Waals surface area contributed by atoms with E-state index in [-0.39, 0.29) is 6.04 Å². The number of hydrogen-bond acceptors (Lipinski definition) is 3. The highest BCUT2D eigenvalue weighted by Crippen LogP contribution is 2.20. The average molecular weight is 200 g/mol. The SMILES string of the molecule is COCC(N)CN1CC(C)CCC1C. The van der Waals surface area contributed by atoms with Crippen LogP contribution >= 0.6 is 0 Å². The van der Waals surface area contributed by atoms with Gasteiger partial charge in [0, 0.05) is 32.3 Å².